The van der Waals surface area contributed by atoms with Crippen LogP contribution in [-0.2, 0) is 6.54 Å². The molecule has 4 heteroatoms. The average Bonchev–Trinajstić information content (AvgIpc) is 2.57. The first-order valence-electron chi connectivity index (χ1n) is 7.90. The highest BCUT2D eigenvalue weighted by molar-refractivity contribution is 9.10. The molecule has 0 aromatic heterocycles. The molecule has 0 radical (unpaired) electrons. The Morgan fingerprint density at radius 1 is 1.22 bits per heavy atom. The quantitative estimate of drug-likeness (QED) is 0.713. The molecule has 2 nitrogen and oxygen atoms in total. The molecular weight excluding hydrogens is 357 g/mol. The molecule has 1 aliphatic rings. The van der Waals surface area contributed by atoms with Gasteiger partial charge >= 0.3 is 0 Å². The van der Waals surface area contributed by atoms with Crippen molar-refractivity contribution in [3.8, 4) is 0 Å². The summed E-state index contributed by atoms with van der Waals surface area (Å²) in [5.41, 5.74) is 2.23. The number of amides is 1. The van der Waals surface area contributed by atoms with Crippen molar-refractivity contribution >= 4 is 21.8 Å². The summed E-state index contributed by atoms with van der Waals surface area (Å²) in [6, 6.07) is 14.3. The van der Waals surface area contributed by atoms with E-state index >= 15 is 4.39 Å². The fourth-order valence-electron chi connectivity index (χ4n) is 3.19. The first-order valence-corrected chi connectivity index (χ1v) is 8.69. The molecule has 3 rings (SSSR count). The number of halogens is 2. The molecule has 2 atom stereocenters. The van der Waals surface area contributed by atoms with Crippen LogP contribution in [0.4, 0.5) is 4.39 Å². The molecule has 120 valence electrons. The first-order chi connectivity index (χ1) is 11.1. The lowest BCUT2D eigenvalue weighted by Crippen LogP contribution is -2.45. The number of carbonyl (C=O) groups is 1. The van der Waals surface area contributed by atoms with Crippen LogP contribution < -0.4 is 0 Å². The SMILES string of the molecule is CCC[C@@H]1[C@H](F)c2ccccc2CN1C(=O)c1ccc(Br)cc1. The molecule has 2 aromatic carbocycles. The Morgan fingerprint density at radius 3 is 2.61 bits per heavy atom. The third kappa shape index (κ3) is 3.18. The molecule has 0 bridgehead atoms. The summed E-state index contributed by atoms with van der Waals surface area (Å²) < 4.78 is 15.9. The largest absolute Gasteiger partial charge is 0.328 e. The number of carbonyl (C=O) groups excluding carboxylic acids is 1. The highest BCUT2D eigenvalue weighted by Gasteiger charge is 2.37. The fraction of sp³-hybridized carbons (Fsp3) is 0.316. The van der Waals surface area contributed by atoms with Crippen LogP contribution in [-0.4, -0.2) is 16.8 Å². The predicted octanol–water partition coefficient (Wildman–Crippen LogP) is 5.28. The number of hydrogen-bond donors (Lipinski definition) is 0. The lowest BCUT2D eigenvalue weighted by atomic mass is 9.89. The normalized spacial score (nSPS) is 20.2. The van der Waals surface area contributed by atoms with Crippen LogP contribution in [0.15, 0.2) is 53.0 Å². The van der Waals surface area contributed by atoms with Crippen LogP contribution >= 0.6 is 15.9 Å². The molecule has 0 N–H and O–H groups in total. The third-order valence-electron chi connectivity index (χ3n) is 4.37. The van der Waals surface area contributed by atoms with Gasteiger partial charge in [-0.25, -0.2) is 4.39 Å². The summed E-state index contributed by atoms with van der Waals surface area (Å²) in [7, 11) is 0. The molecule has 2 aromatic rings. The van der Waals surface area contributed by atoms with Gasteiger partial charge in [0, 0.05) is 16.6 Å². The van der Waals surface area contributed by atoms with Crippen molar-refractivity contribution in [1.82, 2.24) is 4.90 Å². The van der Waals surface area contributed by atoms with Gasteiger partial charge in [-0.3, -0.25) is 4.79 Å². The van der Waals surface area contributed by atoms with Crippen LogP contribution in [0.5, 0.6) is 0 Å². The van der Waals surface area contributed by atoms with E-state index in [9.17, 15) is 4.79 Å². The molecule has 0 aliphatic carbocycles. The van der Waals surface area contributed by atoms with Gasteiger partial charge in [0.05, 0.1) is 6.04 Å². The van der Waals surface area contributed by atoms with Gasteiger partial charge in [-0.2, -0.15) is 0 Å². The van der Waals surface area contributed by atoms with Crippen LogP contribution in [0.2, 0.25) is 0 Å². The zero-order chi connectivity index (χ0) is 16.4. The molecule has 0 spiro atoms. The number of nitrogens with zero attached hydrogens (tertiary/aromatic N) is 1. The lowest BCUT2D eigenvalue weighted by molar-refractivity contribution is 0.0453. The maximum atomic E-state index is 15.0. The van der Waals surface area contributed by atoms with Gasteiger partial charge in [-0.05, 0) is 41.8 Å². The van der Waals surface area contributed by atoms with Gasteiger partial charge in [0.25, 0.3) is 5.91 Å². The molecule has 0 fully saturated rings. The summed E-state index contributed by atoms with van der Waals surface area (Å²) in [4.78, 5) is 14.6. The molecule has 1 amide bonds. The van der Waals surface area contributed by atoms with E-state index in [1.165, 1.54) is 0 Å². The third-order valence-corrected chi connectivity index (χ3v) is 4.90. The lowest BCUT2D eigenvalue weighted by Gasteiger charge is -2.39. The Labute approximate surface area is 144 Å². The smallest absolute Gasteiger partial charge is 0.254 e. The van der Waals surface area contributed by atoms with Crippen molar-refractivity contribution in [3.63, 3.8) is 0 Å². The Balaban J connectivity index is 1.96. The van der Waals surface area contributed by atoms with Gasteiger partial charge in [-0.1, -0.05) is 53.5 Å². The average molecular weight is 376 g/mol. The first kappa shape index (κ1) is 16.2. The number of hydrogen-bond acceptors (Lipinski definition) is 1. The van der Waals surface area contributed by atoms with E-state index in [0.717, 1.165) is 22.0 Å². The van der Waals surface area contributed by atoms with Crippen molar-refractivity contribution in [2.45, 2.75) is 38.5 Å². The van der Waals surface area contributed by atoms with E-state index in [1.54, 1.807) is 17.0 Å². The van der Waals surface area contributed by atoms with Crippen LogP contribution in [0.3, 0.4) is 0 Å². The topological polar surface area (TPSA) is 20.3 Å². The second-order valence-corrected chi connectivity index (χ2v) is 6.81. The molecule has 23 heavy (non-hydrogen) atoms. The number of rotatable bonds is 3. The Morgan fingerprint density at radius 2 is 1.91 bits per heavy atom. The minimum absolute atomic E-state index is 0.104. The van der Waals surface area contributed by atoms with E-state index < -0.39 is 12.2 Å². The van der Waals surface area contributed by atoms with E-state index in [4.69, 9.17) is 0 Å². The Hall–Kier alpha value is -1.68. The standard InChI is InChI=1S/C19H19BrFNO/c1-2-5-17-18(21)16-7-4-3-6-14(16)12-22(17)19(23)13-8-10-15(20)11-9-13/h3-4,6-11,17-18H,2,5,12H2,1H3/t17-,18-/m1/s1. The highest BCUT2D eigenvalue weighted by Crippen LogP contribution is 2.37. The zero-order valence-corrected chi connectivity index (χ0v) is 14.6. The Kier molecular flexibility index (Phi) is 4.81. The molecular formula is C19H19BrFNO. The van der Waals surface area contributed by atoms with Crippen LogP contribution in [0.1, 0.15) is 47.4 Å². The number of benzene rings is 2. The minimum atomic E-state index is -1.13. The maximum Gasteiger partial charge on any atom is 0.254 e. The van der Waals surface area contributed by atoms with E-state index in [0.29, 0.717) is 18.5 Å². The summed E-state index contributed by atoms with van der Waals surface area (Å²) in [5.74, 6) is -0.104. The molecule has 0 saturated carbocycles. The van der Waals surface area contributed by atoms with Crippen molar-refractivity contribution < 1.29 is 9.18 Å². The number of fused-ring (bicyclic) bond motifs is 1. The maximum absolute atomic E-state index is 15.0. The van der Waals surface area contributed by atoms with Crippen molar-refractivity contribution in [2.75, 3.05) is 0 Å². The highest BCUT2D eigenvalue weighted by atomic mass is 79.9. The van der Waals surface area contributed by atoms with E-state index in [1.807, 2.05) is 43.3 Å². The number of alkyl halides is 1. The van der Waals surface area contributed by atoms with Gasteiger partial charge in [0.2, 0.25) is 0 Å². The molecule has 1 heterocycles. The summed E-state index contributed by atoms with van der Waals surface area (Å²) in [6.07, 6.45) is 0.383. The minimum Gasteiger partial charge on any atom is -0.328 e. The van der Waals surface area contributed by atoms with Crippen molar-refractivity contribution in [2.24, 2.45) is 0 Å². The summed E-state index contributed by atoms with van der Waals surface area (Å²) >= 11 is 3.37. The zero-order valence-electron chi connectivity index (χ0n) is 13.0. The summed E-state index contributed by atoms with van der Waals surface area (Å²) in [5, 5.41) is 0. The molecule has 0 unspecified atom stereocenters. The van der Waals surface area contributed by atoms with Crippen molar-refractivity contribution in [3.05, 3.63) is 69.7 Å². The van der Waals surface area contributed by atoms with Gasteiger partial charge in [0.15, 0.2) is 0 Å². The Bertz CT molecular complexity index is 701. The molecule has 0 saturated heterocycles. The fourth-order valence-corrected chi connectivity index (χ4v) is 3.46. The van der Waals surface area contributed by atoms with Crippen LogP contribution in [0.25, 0.3) is 0 Å². The monoisotopic (exact) mass is 375 g/mol. The second kappa shape index (κ2) is 6.83. The van der Waals surface area contributed by atoms with E-state index in [2.05, 4.69) is 15.9 Å². The second-order valence-electron chi connectivity index (χ2n) is 5.90. The van der Waals surface area contributed by atoms with Gasteiger partial charge in [0.1, 0.15) is 6.17 Å². The summed E-state index contributed by atoms with van der Waals surface area (Å²) in [6.45, 7) is 2.49. The van der Waals surface area contributed by atoms with E-state index in [-0.39, 0.29) is 5.91 Å². The van der Waals surface area contributed by atoms with Crippen molar-refractivity contribution in [1.29, 1.82) is 0 Å². The van der Waals surface area contributed by atoms with Gasteiger partial charge < -0.3 is 4.90 Å². The predicted molar refractivity (Wildman–Crippen MR) is 93.0 cm³/mol. The molecule has 1 aliphatic heterocycles. The van der Waals surface area contributed by atoms with Crippen LogP contribution in [0, 0.1) is 0 Å². The van der Waals surface area contributed by atoms with Gasteiger partial charge in [-0.15, -0.1) is 0 Å².